The highest BCUT2D eigenvalue weighted by molar-refractivity contribution is 5.98. The maximum Gasteiger partial charge on any atom is 0.322 e. The van der Waals surface area contributed by atoms with Crippen LogP contribution < -0.4 is 65.9 Å². The number of nitrogens with two attached hydrogens (primary N) is 5. The van der Waals surface area contributed by atoms with Crippen LogP contribution in [0, 0.1) is 5.92 Å². The Hall–Kier alpha value is -6.89. The zero-order valence-corrected chi connectivity index (χ0v) is 37.5. The molecule has 0 saturated heterocycles. The van der Waals surface area contributed by atoms with Crippen LogP contribution in [-0.2, 0) is 54.4 Å². The first-order valence-electron chi connectivity index (χ1n) is 21.5. The molecule has 0 spiro atoms. The predicted octanol–water partition coefficient (Wildman–Crippen LogP) is -4.35. The maximum absolute atomic E-state index is 14.0. The molecular formula is C41H67N13O12. The number of nitrogens with one attached hydrogen (secondary N) is 7. The van der Waals surface area contributed by atoms with Gasteiger partial charge in [0.2, 0.25) is 47.3 Å². The number of benzene rings is 1. The third-order valence-electron chi connectivity index (χ3n) is 10.1. The largest absolute Gasteiger partial charge is 0.481 e. The molecular weight excluding hydrogens is 867 g/mol. The lowest BCUT2D eigenvalue weighted by Gasteiger charge is -2.27. The van der Waals surface area contributed by atoms with E-state index in [1.165, 1.54) is 6.92 Å². The standard InChI is InChI=1S/C41H67N13O12/c1-4-22(2)33(44)40(66)52-27(15-16-30(43)55)37(63)51-26(14-10-18-47-41(45)46)35(61)50-25(13-8-9-17-42)36(62)54-29(20-31(56)57)39(65)53-28(19-24-11-6-5-7-12-24)38(64)49-23(3)34(60)48-21-32(58)59/h5-7,11-12,22-23,25-29,33H,4,8-10,13-21,42,44H2,1-3H3,(H2,43,55)(H,48,60)(H,49,64)(H,50,61)(H,51,63)(H,52,66)(H,53,65)(H,54,62)(H,56,57)(H,58,59)(H4,45,46,47)/t22-,23-,25-,26-,27-,28-,29-,33-/m0/s1. The summed E-state index contributed by atoms with van der Waals surface area (Å²) in [5.41, 5.74) is 28.5. The maximum atomic E-state index is 14.0. The van der Waals surface area contributed by atoms with Gasteiger partial charge in [0.05, 0.1) is 12.5 Å². The highest BCUT2D eigenvalue weighted by Gasteiger charge is 2.34. The van der Waals surface area contributed by atoms with E-state index in [-0.39, 0.29) is 69.9 Å². The molecule has 0 bridgehead atoms. The van der Waals surface area contributed by atoms with E-state index < -0.39 is 114 Å². The van der Waals surface area contributed by atoms with Crippen LogP contribution in [0.15, 0.2) is 35.3 Å². The van der Waals surface area contributed by atoms with E-state index in [9.17, 15) is 53.1 Å². The predicted molar refractivity (Wildman–Crippen MR) is 239 cm³/mol. The Morgan fingerprint density at radius 1 is 0.621 bits per heavy atom. The second kappa shape index (κ2) is 30.3. The van der Waals surface area contributed by atoms with Gasteiger partial charge in [-0.25, -0.2) is 0 Å². The van der Waals surface area contributed by atoms with E-state index in [0.29, 0.717) is 18.4 Å². The van der Waals surface area contributed by atoms with Crippen molar-refractivity contribution in [2.24, 2.45) is 39.6 Å². The highest BCUT2D eigenvalue weighted by atomic mass is 16.4. The Balaban J connectivity index is 3.50. The summed E-state index contributed by atoms with van der Waals surface area (Å²) in [6.07, 6.45) is -0.663. The number of rotatable bonds is 32. The number of carboxylic acid groups (broad SMARTS) is 2. The Bertz CT molecular complexity index is 1850. The van der Waals surface area contributed by atoms with Crippen LogP contribution in [0.3, 0.4) is 0 Å². The number of nitrogens with zero attached hydrogens (tertiary/aromatic N) is 1. The molecule has 0 fully saturated rings. The van der Waals surface area contributed by atoms with Crippen LogP contribution in [0.1, 0.15) is 84.1 Å². The SMILES string of the molecule is CC[C@H](C)[C@H](N)C(=O)N[C@@H](CCC(N)=O)C(=O)N[C@@H](CCCN=C(N)N)C(=O)N[C@@H](CCCCN)C(=O)N[C@@H](CC(=O)O)C(=O)N[C@@H](Cc1ccccc1)C(=O)N[C@@H](C)C(=O)NCC(=O)O. The summed E-state index contributed by atoms with van der Waals surface area (Å²) in [6, 6.07) is -1.54. The minimum atomic E-state index is -1.84. The number of hydrogen-bond acceptors (Lipinski definition) is 13. The summed E-state index contributed by atoms with van der Waals surface area (Å²) in [6.45, 7) is 4.30. The molecule has 0 aliphatic carbocycles. The first kappa shape index (κ1) is 57.1. The topological polar surface area (TPSA) is 438 Å². The molecule has 0 aliphatic rings. The van der Waals surface area contributed by atoms with Crippen molar-refractivity contribution in [2.45, 2.75) is 127 Å². The molecule has 8 amide bonds. The van der Waals surface area contributed by atoms with Crippen LogP contribution in [0.5, 0.6) is 0 Å². The summed E-state index contributed by atoms with van der Waals surface area (Å²) in [5.74, 6) is -10.6. The molecule has 0 heterocycles. The third kappa shape index (κ3) is 22.6. The summed E-state index contributed by atoms with van der Waals surface area (Å²) < 4.78 is 0. The van der Waals surface area contributed by atoms with Gasteiger partial charge >= 0.3 is 11.9 Å². The second-order valence-corrected chi connectivity index (χ2v) is 15.6. The number of carbonyl (C=O) groups is 10. The molecule has 0 aromatic heterocycles. The smallest absolute Gasteiger partial charge is 0.322 e. The lowest BCUT2D eigenvalue weighted by Crippen LogP contribution is -2.60. The van der Waals surface area contributed by atoms with Crippen LogP contribution in [-0.4, -0.2) is 137 Å². The second-order valence-electron chi connectivity index (χ2n) is 15.6. The Morgan fingerprint density at radius 3 is 1.64 bits per heavy atom. The molecule has 0 aliphatic heterocycles. The zero-order chi connectivity index (χ0) is 49.9. The molecule has 1 aromatic carbocycles. The van der Waals surface area contributed by atoms with Gasteiger partial charge in [0.15, 0.2) is 5.96 Å². The van der Waals surface area contributed by atoms with Gasteiger partial charge in [-0.2, -0.15) is 0 Å². The van der Waals surface area contributed by atoms with Crippen molar-refractivity contribution in [3.05, 3.63) is 35.9 Å². The van der Waals surface area contributed by atoms with Crippen LogP contribution in [0.2, 0.25) is 0 Å². The fourth-order valence-corrected chi connectivity index (χ4v) is 6.10. The molecule has 0 unspecified atom stereocenters. The average molecular weight is 934 g/mol. The first-order chi connectivity index (χ1) is 31.1. The van der Waals surface area contributed by atoms with Crippen LogP contribution in [0.4, 0.5) is 0 Å². The summed E-state index contributed by atoms with van der Waals surface area (Å²) in [4.78, 5) is 133. The van der Waals surface area contributed by atoms with Crippen molar-refractivity contribution in [3.8, 4) is 0 Å². The lowest BCUT2D eigenvalue weighted by atomic mass is 9.98. The lowest BCUT2D eigenvalue weighted by molar-refractivity contribution is -0.141. The fourth-order valence-electron chi connectivity index (χ4n) is 6.10. The number of aliphatic carboxylic acids is 2. The van der Waals surface area contributed by atoms with Gasteiger partial charge in [-0.05, 0) is 63.5 Å². The number of amides is 8. The van der Waals surface area contributed by atoms with Crippen molar-refractivity contribution in [1.29, 1.82) is 0 Å². The first-order valence-corrected chi connectivity index (χ1v) is 21.5. The molecule has 66 heavy (non-hydrogen) atoms. The molecule has 25 heteroatoms. The van der Waals surface area contributed by atoms with Crippen molar-refractivity contribution in [3.63, 3.8) is 0 Å². The molecule has 368 valence electrons. The number of aliphatic imine (C=N–C) groups is 1. The molecule has 8 atom stereocenters. The van der Waals surface area contributed by atoms with Gasteiger partial charge < -0.3 is 76.1 Å². The van der Waals surface area contributed by atoms with Gasteiger partial charge in [-0.1, -0.05) is 50.6 Å². The normalized spacial score (nSPS) is 14.4. The zero-order valence-electron chi connectivity index (χ0n) is 37.5. The van der Waals surface area contributed by atoms with Gasteiger partial charge in [-0.15, -0.1) is 0 Å². The summed E-state index contributed by atoms with van der Waals surface area (Å²) >= 11 is 0. The molecule has 25 nitrogen and oxygen atoms in total. The van der Waals surface area contributed by atoms with Gasteiger partial charge in [0, 0.05) is 19.4 Å². The van der Waals surface area contributed by atoms with Gasteiger partial charge in [-0.3, -0.25) is 52.9 Å². The molecule has 0 radical (unpaired) electrons. The monoisotopic (exact) mass is 934 g/mol. The summed E-state index contributed by atoms with van der Waals surface area (Å²) in [7, 11) is 0. The Morgan fingerprint density at radius 2 is 1.12 bits per heavy atom. The van der Waals surface area contributed by atoms with E-state index in [1.54, 1.807) is 37.3 Å². The van der Waals surface area contributed by atoms with Gasteiger partial charge in [0.25, 0.3) is 0 Å². The van der Waals surface area contributed by atoms with Crippen molar-refractivity contribution >= 4 is 65.2 Å². The van der Waals surface area contributed by atoms with Gasteiger partial charge in [0.1, 0.15) is 42.8 Å². The summed E-state index contributed by atoms with van der Waals surface area (Å²) in [5, 5.41) is 35.6. The minimum Gasteiger partial charge on any atom is -0.481 e. The highest BCUT2D eigenvalue weighted by Crippen LogP contribution is 2.11. The van der Waals surface area contributed by atoms with Crippen molar-refractivity contribution < 1.29 is 58.2 Å². The van der Waals surface area contributed by atoms with E-state index in [2.05, 4.69) is 42.2 Å². The number of carbonyl (C=O) groups excluding carboxylic acids is 8. The van der Waals surface area contributed by atoms with E-state index in [4.69, 9.17) is 33.8 Å². The number of carboxylic acids is 2. The fraction of sp³-hybridized carbons (Fsp3) is 0.585. The van der Waals surface area contributed by atoms with Crippen molar-refractivity contribution in [1.82, 2.24) is 37.2 Å². The minimum absolute atomic E-state index is 0.0140. The molecule has 1 aromatic rings. The Labute approximate surface area is 382 Å². The number of hydrogen-bond donors (Lipinski definition) is 14. The van der Waals surface area contributed by atoms with E-state index in [0.717, 1.165) is 0 Å². The number of guanidine groups is 1. The van der Waals surface area contributed by atoms with E-state index >= 15 is 0 Å². The molecule has 0 saturated carbocycles. The average Bonchev–Trinajstić information content (AvgIpc) is 3.26. The van der Waals surface area contributed by atoms with Crippen molar-refractivity contribution in [2.75, 3.05) is 19.6 Å². The Kier molecular flexibility index (Phi) is 26.2. The third-order valence-corrected chi connectivity index (χ3v) is 10.1. The van der Waals surface area contributed by atoms with Crippen LogP contribution in [0.25, 0.3) is 0 Å². The quantitative estimate of drug-likeness (QED) is 0.0184. The van der Waals surface area contributed by atoms with E-state index in [1.807, 2.05) is 6.92 Å². The number of unbranched alkanes of at least 4 members (excludes halogenated alkanes) is 1. The molecule has 19 N–H and O–H groups in total. The number of primary amides is 1. The van der Waals surface area contributed by atoms with Crippen LogP contribution >= 0.6 is 0 Å². The molecule has 1 rings (SSSR count).